The van der Waals surface area contributed by atoms with E-state index >= 15 is 0 Å². The zero-order valence-corrected chi connectivity index (χ0v) is 17.0. The van der Waals surface area contributed by atoms with E-state index in [9.17, 15) is 4.79 Å². The van der Waals surface area contributed by atoms with Crippen LogP contribution in [-0.4, -0.2) is 23.1 Å². The molecule has 3 rings (SSSR count). The molecule has 1 heterocycles. The zero-order valence-electron chi connectivity index (χ0n) is 16.2. The number of nitrogens with one attached hydrogen (secondary N) is 1. The number of halogens is 1. The van der Waals surface area contributed by atoms with Crippen LogP contribution in [0.15, 0.2) is 36.5 Å². The minimum Gasteiger partial charge on any atom is -0.459 e. The van der Waals surface area contributed by atoms with Crippen molar-refractivity contribution in [2.75, 3.05) is 6.54 Å². The van der Waals surface area contributed by atoms with E-state index < -0.39 is 5.60 Å². The fourth-order valence-electron chi connectivity index (χ4n) is 3.54. The predicted molar refractivity (Wildman–Crippen MR) is 109 cm³/mol. The lowest BCUT2D eigenvalue weighted by atomic mass is 9.94. The molecule has 1 aliphatic rings. The predicted octanol–water partition coefficient (Wildman–Crippen LogP) is 5.10. The molecule has 5 heteroatoms. The lowest BCUT2D eigenvalue weighted by Gasteiger charge is -2.23. The number of carbonyl (C=O) groups excluding carboxylic acids is 1. The third-order valence-corrected chi connectivity index (χ3v) is 4.89. The second-order valence-electron chi connectivity index (χ2n) is 8.05. The highest BCUT2D eigenvalue weighted by molar-refractivity contribution is 6.29. The van der Waals surface area contributed by atoms with Crippen LogP contribution in [0.3, 0.4) is 0 Å². The Labute approximate surface area is 166 Å². The van der Waals surface area contributed by atoms with Crippen molar-refractivity contribution in [3.8, 4) is 11.1 Å². The first-order valence-corrected chi connectivity index (χ1v) is 9.89. The van der Waals surface area contributed by atoms with Crippen LogP contribution in [0, 0.1) is 0 Å². The minimum atomic E-state index is -0.457. The topological polar surface area (TPSA) is 51.2 Å². The third-order valence-electron chi connectivity index (χ3n) is 4.68. The summed E-state index contributed by atoms with van der Waals surface area (Å²) in [6, 6.07) is 10.6. The first-order chi connectivity index (χ1) is 12.8. The number of aromatic nitrogens is 1. The van der Waals surface area contributed by atoms with Crippen molar-refractivity contribution in [3.05, 3.63) is 52.8 Å². The van der Waals surface area contributed by atoms with E-state index in [-0.39, 0.29) is 18.6 Å². The van der Waals surface area contributed by atoms with Gasteiger partial charge < -0.3 is 10.1 Å². The van der Waals surface area contributed by atoms with Crippen LogP contribution in [0.2, 0.25) is 5.15 Å². The van der Waals surface area contributed by atoms with Crippen LogP contribution in [0.25, 0.3) is 11.1 Å². The molecule has 0 aliphatic heterocycles. The van der Waals surface area contributed by atoms with Gasteiger partial charge >= 0.3 is 5.97 Å². The third kappa shape index (κ3) is 5.53. The summed E-state index contributed by atoms with van der Waals surface area (Å²) < 4.78 is 5.42. The fraction of sp³-hybridized carbons (Fsp3) is 0.455. The standard InChI is InChI=1S/C22H27ClN2O2/c1-22(2,3)27-21(26)14-25-19-7-5-4-6-17-12-15(8-9-18(17)19)16-10-11-24-20(23)13-16/h8-13,19,25H,4-7,14H2,1-3H3/t19-/m1/s1. The zero-order chi connectivity index (χ0) is 19.4. The summed E-state index contributed by atoms with van der Waals surface area (Å²) in [6.45, 7) is 5.89. The second kappa shape index (κ2) is 8.41. The molecule has 1 atom stereocenters. The highest BCUT2D eigenvalue weighted by atomic mass is 35.5. The maximum absolute atomic E-state index is 12.1. The van der Waals surface area contributed by atoms with Gasteiger partial charge in [-0.3, -0.25) is 4.79 Å². The number of hydrogen-bond acceptors (Lipinski definition) is 4. The monoisotopic (exact) mass is 386 g/mol. The first kappa shape index (κ1) is 19.8. The molecule has 0 unspecified atom stereocenters. The lowest BCUT2D eigenvalue weighted by molar-refractivity contribution is -0.153. The molecule has 0 saturated heterocycles. The van der Waals surface area contributed by atoms with Crippen LogP contribution in [0.5, 0.6) is 0 Å². The Hall–Kier alpha value is -1.91. The summed E-state index contributed by atoms with van der Waals surface area (Å²) in [4.78, 5) is 16.1. The Balaban J connectivity index is 1.77. The van der Waals surface area contributed by atoms with E-state index in [0.29, 0.717) is 5.15 Å². The molecule has 1 aromatic carbocycles. The van der Waals surface area contributed by atoms with Gasteiger partial charge in [0.2, 0.25) is 0 Å². The Kier molecular flexibility index (Phi) is 6.18. The Morgan fingerprint density at radius 3 is 2.74 bits per heavy atom. The molecular weight excluding hydrogens is 360 g/mol. The molecule has 0 radical (unpaired) electrons. The highest BCUT2D eigenvalue weighted by Crippen LogP contribution is 2.32. The molecule has 144 valence electrons. The van der Waals surface area contributed by atoms with Gasteiger partial charge in [-0.05, 0) is 74.4 Å². The lowest BCUT2D eigenvalue weighted by Crippen LogP contribution is -2.33. The maximum Gasteiger partial charge on any atom is 0.320 e. The maximum atomic E-state index is 12.1. The molecule has 0 saturated carbocycles. The minimum absolute atomic E-state index is 0.171. The molecule has 4 nitrogen and oxygen atoms in total. The van der Waals surface area contributed by atoms with Crippen molar-refractivity contribution in [2.24, 2.45) is 0 Å². The number of aryl methyl sites for hydroxylation is 1. The van der Waals surface area contributed by atoms with E-state index in [1.165, 1.54) is 11.1 Å². The molecule has 0 fully saturated rings. The molecule has 1 aromatic heterocycles. The van der Waals surface area contributed by atoms with Gasteiger partial charge in [0.25, 0.3) is 0 Å². The SMILES string of the molecule is CC(C)(C)OC(=O)CN[C@@H]1CCCCc2cc(-c3ccnc(Cl)c3)ccc21. The Morgan fingerprint density at radius 2 is 2.00 bits per heavy atom. The summed E-state index contributed by atoms with van der Waals surface area (Å²) >= 11 is 6.04. The van der Waals surface area contributed by atoms with Gasteiger partial charge in [0.15, 0.2) is 0 Å². The second-order valence-corrected chi connectivity index (χ2v) is 8.43. The smallest absolute Gasteiger partial charge is 0.320 e. The van der Waals surface area contributed by atoms with E-state index in [0.717, 1.165) is 36.8 Å². The number of esters is 1. The molecule has 1 aliphatic carbocycles. The van der Waals surface area contributed by atoms with Crippen LogP contribution in [0.4, 0.5) is 0 Å². The van der Waals surface area contributed by atoms with E-state index in [1.807, 2.05) is 32.9 Å². The number of fused-ring (bicyclic) bond motifs is 1. The quantitative estimate of drug-likeness (QED) is 0.451. The van der Waals surface area contributed by atoms with Gasteiger partial charge in [-0.25, -0.2) is 4.98 Å². The normalized spacial score (nSPS) is 17.1. The molecule has 0 bridgehead atoms. The number of pyridine rings is 1. The Bertz CT molecular complexity index is 814. The molecule has 27 heavy (non-hydrogen) atoms. The van der Waals surface area contributed by atoms with Crippen LogP contribution in [-0.2, 0) is 16.0 Å². The molecular formula is C22H27ClN2O2. The van der Waals surface area contributed by atoms with Crippen molar-refractivity contribution in [2.45, 2.75) is 58.1 Å². The van der Waals surface area contributed by atoms with E-state index in [1.54, 1.807) is 6.20 Å². The summed E-state index contributed by atoms with van der Waals surface area (Å²) in [6.07, 6.45) is 6.09. The van der Waals surface area contributed by atoms with E-state index in [2.05, 4.69) is 28.5 Å². The number of ether oxygens (including phenoxy) is 1. The van der Waals surface area contributed by atoms with Crippen molar-refractivity contribution in [1.29, 1.82) is 0 Å². The average molecular weight is 387 g/mol. The van der Waals surface area contributed by atoms with Crippen LogP contribution < -0.4 is 5.32 Å². The van der Waals surface area contributed by atoms with Gasteiger partial charge in [-0.2, -0.15) is 0 Å². The van der Waals surface area contributed by atoms with Crippen LogP contribution in [0.1, 0.15) is 57.2 Å². The summed E-state index contributed by atoms with van der Waals surface area (Å²) in [5.74, 6) is -0.212. The first-order valence-electron chi connectivity index (χ1n) is 9.52. The number of rotatable bonds is 4. The van der Waals surface area contributed by atoms with Crippen molar-refractivity contribution < 1.29 is 9.53 Å². The molecule has 1 N–H and O–H groups in total. The van der Waals surface area contributed by atoms with Crippen molar-refractivity contribution in [3.63, 3.8) is 0 Å². The van der Waals surface area contributed by atoms with Crippen molar-refractivity contribution >= 4 is 17.6 Å². The summed E-state index contributed by atoms with van der Waals surface area (Å²) in [7, 11) is 0. The molecule has 0 amide bonds. The summed E-state index contributed by atoms with van der Waals surface area (Å²) in [5, 5.41) is 3.90. The Morgan fingerprint density at radius 1 is 1.22 bits per heavy atom. The summed E-state index contributed by atoms with van der Waals surface area (Å²) in [5.41, 5.74) is 4.37. The number of hydrogen-bond donors (Lipinski definition) is 1. The van der Waals surface area contributed by atoms with Gasteiger partial charge in [0, 0.05) is 12.2 Å². The van der Waals surface area contributed by atoms with E-state index in [4.69, 9.17) is 16.3 Å². The van der Waals surface area contributed by atoms with Crippen LogP contribution >= 0.6 is 11.6 Å². The fourth-order valence-corrected chi connectivity index (χ4v) is 3.71. The largest absolute Gasteiger partial charge is 0.459 e. The van der Waals surface area contributed by atoms with Gasteiger partial charge in [0.05, 0.1) is 6.54 Å². The van der Waals surface area contributed by atoms with Crippen molar-refractivity contribution in [1.82, 2.24) is 10.3 Å². The van der Waals surface area contributed by atoms with Gasteiger partial charge in [-0.15, -0.1) is 0 Å². The number of carbonyl (C=O) groups is 1. The van der Waals surface area contributed by atoms with Gasteiger partial charge in [0.1, 0.15) is 10.8 Å². The molecule has 2 aromatic rings. The number of benzene rings is 1. The molecule has 0 spiro atoms. The number of nitrogens with zero attached hydrogens (tertiary/aromatic N) is 1. The highest BCUT2D eigenvalue weighted by Gasteiger charge is 2.21. The average Bonchev–Trinajstić information content (AvgIpc) is 2.80. The van der Waals surface area contributed by atoms with Gasteiger partial charge in [-0.1, -0.05) is 36.2 Å².